The molecule has 0 N–H and O–H groups in total. The topological polar surface area (TPSA) is 86.5 Å². The van der Waals surface area contributed by atoms with Gasteiger partial charge in [0.2, 0.25) is 0 Å². The highest BCUT2D eigenvalue weighted by Gasteiger charge is 2.16. The number of nitro benzene ring substituents is 1. The van der Waals surface area contributed by atoms with Crippen LogP contribution < -0.4 is 0 Å². The van der Waals surface area contributed by atoms with E-state index in [2.05, 4.69) is 4.74 Å². The highest BCUT2D eigenvalue weighted by molar-refractivity contribution is 5.91. The summed E-state index contributed by atoms with van der Waals surface area (Å²) in [5.74, 6) is -0.654. The molecule has 0 aliphatic rings. The number of esters is 1. The summed E-state index contributed by atoms with van der Waals surface area (Å²) in [6.07, 6.45) is 2.95. The molecule has 0 aliphatic heterocycles. The van der Waals surface area contributed by atoms with Gasteiger partial charge in [0.05, 0.1) is 23.2 Å². The van der Waals surface area contributed by atoms with Crippen LogP contribution in [0.4, 0.5) is 5.69 Å². The molecule has 0 saturated carbocycles. The van der Waals surface area contributed by atoms with E-state index in [1.54, 1.807) is 0 Å². The highest BCUT2D eigenvalue weighted by Crippen LogP contribution is 2.22. The molecule has 1 rings (SSSR count). The Balaban J connectivity index is 3.26. The summed E-state index contributed by atoms with van der Waals surface area (Å²) in [6, 6.07) is 3.88. The lowest BCUT2D eigenvalue weighted by Gasteiger charge is -2.01. The number of aldehydes is 1. The molecule has 0 saturated heterocycles. The summed E-state index contributed by atoms with van der Waals surface area (Å²) in [5.41, 5.74) is 0.0724. The van der Waals surface area contributed by atoms with E-state index in [1.807, 2.05) is 0 Å². The molecule has 0 bridgehead atoms. The van der Waals surface area contributed by atoms with Crippen molar-refractivity contribution < 1.29 is 19.2 Å². The minimum Gasteiger partial charge on any atom is -0.465 e. The van der Waals surface area contributed by atoms with Crippen LogP contribution in [0.25, 0.3) is 6.08 Å². The van der Waals surface area contributed by atoms with Crippen molar-refractivity contribution in [3.8, 4) is 0 Å². The van der Waals surface area contributed by atoms with Gasteiger partial charge >= 0.3 is 5.97 Å². The van der Waals surface area contributed by atoms with Crippen molar-refractivity contribution in [2.45, 2.75) is 0 Å². The minimum atomic E-state index is -0.654. The highest BCUT2D eigenvalue weighted by atomic mass is 16.6. The Morgan fingerprint density at radius 3 is 2.71 bits per heavy atom. The molecular weight excluding hydrogens is 226 g/mol. The first-order valence-electron chi connectivity index (χ1n) is 4.58. The van der Waals surface area contributed by atoms with Crippen molar-refractivity contribution in [1.29, 1.82) is 0 Å². The predicted octanol–water partition coefficient (Wildman–Crippen LogP) is 1.59. The number of nitro groups is 1. The van der Waals surface area contributed by atoms with Gasteiger partial charge < -0.3 is 4.74 Å². The summed E-state index contributed by atoms with van der Waals surface area (Å²) in [6.45, 7) is 0. The number of benzene rings is 1. The second-order valence-electron chi connectivity index (χ2n) is 3.02. The van der Waals surface area contributed by atoms with E-state index < -0.39 is 10.9 Å². The van der Waals surface area contributed by atoms with Gasteiger partial charge in [-0.3, -0.25) is 14.9 Å². The van der Waals surface area contributed by atoms with Gasteiger partial charge in [-0.25, -0.2) is 4.79 Å². The normalized spacial score (nSPS) is 10.2. The molecule has 88 valence electrons. The van der Waals surface area contributed by atoms with Crippen LogP contribution in [0.5, 0.6) is 0 Å². The van der Waals surface area contributed by atoms with Gasteiger partial charge in [0.15, 0.2) is 0 Å². The number of hydrogen-bond acceptors (Lipinski definition) is 5. The molecule has 0 amide bonds. The van der Waals surface area contributed by atoms with E-state index in [0.29, 0.717) is 6.29 Å². The Bertz CT molecular complexity index is 493. The average Bonchev–Trinajstić information content (AvgIpc) is 2.35. The molecule has 17 heavy (non-hydrogen) atoms. The first-order valence-corrected chi connectivity index (χ1v) is 4.58. The van der Waals surface area contributed by atoms with Crippen LogP contribution in [0.2, 0.25) is 0 Å². The van der Waals surface area contributed by atoms with Crippen LogP contribution in [0.15, 0.2) is 24.3 Å². The monoisotopic (exact) mass is 235 g/mol. The summed E-state index contributed by atoms with van der Waals surface area (Å²) in [7, 11) is 1.19. The van der Waals surface area contributed by atoms with Gasteiger partial charge in [-0.2, -0.15) is 0 Å². The average molecular weight is 235 g/mol. The van der Waals surface area contributed by atoms with Crippen molar-refractivity contribution in [2.24, 2.45) is 0 Å². The summed E-state index contributed by atoms with van der Waals surface area (Å²) in [5, 5.41) is 10.8. The van der Waals surface area contributed by atoms with Crippen LogP contribution in [0.3, 0.4) is 0 Å². The van der Waals surface area contributed by atoms with Gasteiger partial charge in [0.1, 0.15) is 6.29 Å². The fourth-order valence-corrected chi connectivity index (χ4v) is 1.23. The lowest BCUT2D eigenvalue weighted by atomic mass is 10.1. The number of methoxy groups -OCH3 is 1. The maximum atomic E-state index is 11.2. The van der Waals surface area contributed by atoms with Crippen molar-refractivity contribution in [3.63, 3.8) is 0 Å². The van der Waals surface area contributed by atoms with Gasteiger partial charge in [-0.15, -0.1) is 0 Å². The van der Waals surface area contributed by atoms with Crippen LogP contribution in [0, 0.1) is 10.1 Å². The number of rotatable bonds is 4. The number of carbonyl (C=O) groups is 2. The first-order chi connectivity index (χ1) is 8.10. The van der Waals surface area contributed by atoms with E-state index in [0.717, 1.165) is 12.1 Å². The van der Waals surface area contributed by atoms with E-state index in [9.17, 15) is 19.7 Å². The Morgan fingerprint density at radius 1 is 1.47 bits per heavy atom. The molecule has 6 nitrogen and oxygen atoms in total. The lowest BCUT2D eigenvalue weighted by Crippen LogP contribution is -2.02. The van der Waals surface area contributed by atoms with E-state index >= 15 is 0 Å². The third kappa shape index (κ3) is 2.97. The van der Waals surface area contributed by atoms with Gasteiger partial charge in [-0.05, 0) is 24.3 Å². The quantitative estimate of drug-likeness (QED) is 0.260. The fraction of sp³-hybridized carbons (Fsp3) is 0.0909. The van der Waals surface area contributed by atoms with Crippen LogP contribution >= 0.6 is 0 Å². The number of nitrogens with zero attached hydrogens (tertiary/aromatic N) is 1. The zero-order valence-corrected chi connectivity index (χ0v) is 8.95. The molecule has 6 heteroatoms. The van der Waals surface area contributed by atoms with E-state index in [4.69, 9.17) is 0 Å². The number of allylic oxidation sites excluding steroid dienone is 1. The molecule has 0 aromatic heterocycles. The number of hydrogen-bond donors (Lipinski definition) is 0. The molecule has 1 aromatic rings. The molecule has 0 fully saturated rings. The molecule has 0 spiro atoms. The maximum Gasteiger partial charge on any atom is 0.338 e. The largest absolute Gasteiger partial charge is 0.465 e. The Kier molecular flexibility index (Phi) is 4.10. The molecule has 0 radical (unpaired) electrons. The van der Waals surface area contributed by atoms with Crippen molar-refractivity contribution in [1.82, 2.24) is 0 Å². The van der Waals surface area contributed by atoms with Gasteiger partial charge in [0.25, 0.3) is 5.69 Å². The third-order valence-corrected chi connectivity index (χ3v) is 2.00. The Morgan fingerprint density at radius 2 is 2.18 bits per heavy atom. The predicted molar refractivity (Wildman–Crippen MR) is 59.5 cm³/mol. The van der Waals surface area contributed by atoms with Crippen LogP contribution in [-0.2, 0) is 9.53 Å². The van der Waals surface area contributed by atoms with Crippen molar-refractivity contribution >= 4 is 24.0 Å². The summed E-state index contributed by atoms with van der Waals surface area (Å²) < 4.78 is 4.46. The number of carbonyl (C=O) groups excluding carboxylic acids is 2. The standard InChI is InChI=1S/C11H9NO5/c1-17-11(14)9-5-4-8(3-2-6-13)10(7-9)12(15)16/h2-7H,1H3. The van der Waals surface area contributed by atoms with Gasteiger partial charge in [-0.1, -0.05) is 0 Å². The zero-order chi connectivity index (χ0) is 12.8. The fourth-order valence-electron chi connectivity index (χ4n) is 1.23. The lowest BCUT2D eigenvalue weighted by molar-refractivity contribution is -0.385. The zero-order valence-electron chi connectivity index (χ0n) is 8.95. The van der Waals surface area contributed by atoms with Crippen molar-refractivity contribution in [2.75, 3.05) is 7.11 Å². The molecule has 0 aliphatic carbocycles. The first kappa shape index (κ1) is 12.6. The molecule has 1 aromatic carbocycles. The summed E-state index contributed by atoms with van der Waals surface area (Å²) in [4.78, 5) is 31.5. The molecule has 0 atom stereocenters. The van der Waals surface area contributed by atoms with Crippen LogP contribution in [0.1, 0.15) is 15.9 Å². The molecule has 0 unspecified atom stereocenters. The van der Waals surface area contributed by atoms with E-state index in [1.165, 1.54) is 25.3 Å². The van der Waals surface area contributed by atoms with Crippen LogP contribution in [-0.4, -0.2) is 24.3 Å². The summed E-state index contributed by atoms with van der Waals surface area (Å²) >= 11 is 0. The molecule has 0 heterocycles. The second kappa shape index (κ2) is 5.55. The van der Waals surface area contributed by atoms with Gasteiger partial charge in [0, 0.05) is 6.07 Å². The second-order valence-corrected chi connectivity index (χ2v) is 3.02. The van der Waals surface area contributed by atoms with E-state index in [-0.39, 0.29) is 16.8 Å². The van der Waals surface area contributed by atoms with Crippen molar-refractivity contribution in [3.05, 3.63) is 45.5 Å². The Hall–Kier alpha value is -2.50. The SMILES string of the molecule is COC(=O)c1ccc(C=CC=O)c([N+](=O)[O-])c1. The third-order valence-electron chi connectivity index (χ3n) is 2.00. The maximum absolute atomic E-state index is 11.2. The minimum absolute atomic E-state index is 0.0856. The number of ether oxygens (including phenoxy) is 1. The smallest absolute Gasteiger partial charge is 0.338 e. The Labute approximate surface area is 96.7 Å². The molecular formula is C11H9NO5.